The van der Waals surface area contributed by atoms with E-state index >= 15 is 0 Å². The van der Waals surface area contributed by atoms with Gasteiger partial charge in [-0.3, -0.25) is 14.9 Å². The maximum Gasteiger partial charge on any atom is 0.277 e. The van der Waals surface area contributed by atoms with Crippen LogP contribution in [0.4, 0.5) is 5.69 Å². The van der Waals surface area contributed by atoms with Crippen molar-refractivity contribution in [2.24, 2.45) is 0 Å². The van der Waals surface area contributed by atoms with Gasteiger partial charge in [0.05, 0.1) is 17.0 Å². The van der Waals surface area contributed by atoms with Gasteiger partial charge in [0.1, 0.15) is 18.5 Å². The molecule has 0 radical (unpaired) electrons. The molecule has 0 aliphatic carbocycles. The number of nitro benzene ring substituents is 1. The second-order valence-corrected chi connectivity index (χ2v) is 6.87. The highest BCUT2D eigenvalue weighted by atomic mass is 16.8. The third-order valence-electron chi connectivity index (χ3n) is 4.72. The van der Waals surface area contributed by atoms with Gasteiger partial charge >= 0.3 is 0 Å². The number of hydrogen-bond acceptors (Lipinski definition) is 6. The summed E-state index contributed by atoms with van der Waals surface area (Å²) in [5, 5.41) is 12.7. The Morgan fingerprint density at radius 1 is 1.00 bits per heavy atom. The molecule has 0 aromatic heterocycles. The standard InChI is InChI=1S/C23H20N2O6/c26-22(17-9-3-1-4-10-17)24-15-19(16-29-18-11-5-2-6-12-18)30-23(31-24)20-13-7-8-14-21(20)25(27)28/h1-14,19,23H,15-16H2. The maximum absolute atomic E-state index is 13.0. The number of nitro groups is 1. The second-order valence-electron chi connectivity index (χ2n) is 6.87. The van der Waals surface area contributed by atoms with E-state index in [1.54, 1.807) is 42.5 Å². The van der Waals surface area contributed by atoms with Gasteiger partial charge in [0.2, 0.25) is 6.29 Å². The first-order valence-corrected chi connectivity index (χ1v) is 9.72. The highest BCUT2D eigenvalue weighted by Gasteiger charge is 2.36. The molecule has 8 heteroatoms. The number of rotatable bonds is 6. The van der Waals surface area contributed by atoms with Gasteiger partial charge < -0.3 is 9.47 Å². The van der Waals surface area contributed by atoms with Crippen LogP contribution in [0.25, 0.3) is 0 Å². The smallest absolute Gasteiger partial charge is 0.277 e. The summed E-state index contributed by atoms with van der Waals surface area (Å²) in [6.45, 7) is 0.251. The van der Waals surface area contributed by atoms with Crippen molar-refractivity contribution in [1.82, 2.24) is 5.06 Å². The van der Waals surface area contributed by atoms with Crippen LogP contribution in [-0.2, 0) is 9.57 Å². The van der Waals surface area contributed by atoms with Gasteiger partial charge in [-0.15, -0.1) is 0 Å². The number of para-hydroxylation sites is 2. The van der Waals surface area contributed by atoms with Crippen molar-refractivity contribution in [3.8, 4) is 5.75 Å². The zero-order valence-electron chi connectivity index (χ0n) is 16.5. The number of nitrogens with zero attached hydrogens (tertiary/aromatic N) is 2. The minimum Gasteiger partial charge on any atom is -0.491 e. The molecule has 1 aliphatic rings. The quantitative estimate of drug-likeness (QED) is 0.440. The van der Waals surface area contributed by atoms with Crippen LogP contribution in [0, 0.1) is 10.1 Å². The Morgan fingerprint density at radius 2 is 1.65 bits per heavy atom. The fourth-order valence-corrected chi connectivity index (χ4v) is 3.22. The molecule has 0 bridgehead atoms. The largest absolute Gasteiger partial charge is 0.491 e. The van der Waals surface area contributed by atoms with Gasteiger partial charge in [-0.1, -0.05) is 48.5 Å². The number of hydroxylamine groups is 2. The molecule has 4 rings (SSSR count). The molecule has 0 spiro atoms. The topological polar surface area (TPSA) is 91.1 Å². The molecule has 0 saturated carbocycles. The Hall–Kier alpha value is -3.75. The number of ether oxygens (including phenoxy) is 2. The monoisotopic (exact) mass is 420 g/mol. The first kappa shape index (κ1) is 20.5. The highest BCUT2D eigenvalue weighted by Crippen LogP contribution is 2.33. The minimum atomic E-state index is -1.13. The number of benzene rings is 3. The van der Waals surface area contributed by atoms with E-state index in [4.69, 9.17) is 14.3 Å². The van der Waals surface area contributed by atoms with Gasteiger partial charge in [0.15, 0.2) is 0 Å². The van der Waals surface area contributed by atoms with Gasteiger partial charge in [-0.2, -0.15) is 0 Å². The predicted octanol–water partition coefficient (Wildman–Crippen LogP) is 4.15. The van der Waals surface area contributed by atoms with E-state index in [-0.39, 0.29) is 30.3 Å². The van der Waals surface area contributed by atoms with Crippen LogP contribution in [0.15, 0.2) is 84.9 Å². The average Bonchev–Trinajstić information content (AvgIpc) is 2.83. The summed E-state index contributed by atoms with van der Waals surface area (Å²) in [4.78, 5) is 29.7. The van der Waals surface area contributed by atoms with Crippen LogP contribution >= 0.6 is 0 Å². The van der Waals surface area contributed by atoms with Crippen molar-refractivity contribution in [2.45, 2.75) is 12.4 Å². The first-order chi connectivity index (χ1) is 15.1. The Morgan fingerprint density at radius 3 is 2.35 bits per heavy atom. The molecule has 2 atom stereocenters. The first-order valence-electron chi connectivity index (χ1n) is 9.72. The van der Waals surface area contributed by atoms with Crippen molar-refractivity contribution in [2.75, 3.05) is 13.2 Å². The van der Waals surface area contributed by atoms with Crippen molar-refractivity contribution in [1.29, 1.82) is 0 Å². The lowest BCUT2D eigenvalue weighted by Gasteiger charge is -2.37. The molecule has 1 heterocycles. The predicted molar refractivity (Wildman–Crippen MR) is 111 cm³/mol. The minimum absolute atomic E-state index is 0.109. The molecule has 8 nitrogen and oxygen atoms in total. The van der Waals surface area contributed by atoms with Crippen LogP contribution in [0.1, 0.15) is 22.2 Å². The molecule has 1 amide bonds. The van der Waals surface area contributed by atoms with E-state index in [1.807, 2.05) is 36.4 Å². The molecular formula is C23H20N2O6. The van der Waals surface area contributed by atoms with Gasteiger partial charge in [0, 0.05) is 11.6 Å². The number of carbonyl (C=O) groups excluding carboxylic acids is 1. The van der Waals surface area contributed by atoms with E-state index < -0.39 is 17.3 Å². The molecular weight excluding hydrogens is 400 g/mol. The van der Waals surface area contributed by atoms with Crippen LogP contribution in [-0.4, -0.2) is 35.1 Å². The Kier molecular flexibility index (Phi) is 6.21. The Labute approximate surface area is 178 Å². The molecule has 0 N–H and O–H groups in total. The van der Waals surface area contributed by atoms with E-state index in [9.17, 15) is 14.9 Å². The van der Waals surface area contributed by atoms with Crippen molar-refractivity contribution < 1.29 is 24.0 Å². The van der Waals surface area contributed by atoms with Gasteiger partial charge in [-0.05, 0) is 30.3 Å². The molecule has 1 aliphatic heterocycles. The van der Waals surface area contributed by atoms with E-state index in [0.29, 0.717) is 11.3 Å². The third-order valence-corrected chi connectivity index (χ3v) is 4.72. The van der Waals surface area contributed by atoms with Crippen LogP contribution < -0.4 is 4.74 Å². The molecule has 1 saturated heterocycles. The van der Waals surface area contributed by atoms with Crippen LogP contribution in [0.3, 0.4) is 0 Å². The zero-order valence-corrected chi connectivity index (χ0v) is 16.5. The number of hydrogen-bond donors (Lipinski definition) is 0. The van der Waals surface area contributed by atoms with Crippen molar-refractivity contribution >= 4 is 11.6 Å². The summed E-state index contributed by atoms with van der Waals surface area (Å²) in [6.07, 6.45) is -1.70. The van der Waals surface area contributed by atoms with E-state index in [0.717, 1.165) is 0 Å². The third kappa shape index (κ3) is 4.88. The lowest BCUT2D eigenvalue weighted by molar-refractivity contribution is -0.390. The normalized spacial score (nSPS) is 18.4. The highest BCUT2D eigenvalue weighted by molar-refractivity contribution is 5.93. The Bertz CT molecular complexity index is 1040. The lowest BCUT2D eigenvalue weighted by Crippen LogP contribution is -2.47. The van der Waals surface area contributed by atoms with Crippen LogP contribution in [0.5, 0.6) is 5.75 Å². The Balaban J connectivity index is 1.59. The summed E-state index contributed by atoms with van der Waals surface area (Å²) < 4.78 is 11.7. The summed E-state index contributed by atoms with van der Waals surface area (Å²) in [5.41, 5.74) is 0.514. The fraction of sp³-hybridized carbons (Fsp3) is 0.174. The molecule has 1 fully saturated rings. The van der Waals surface area contributed by atoms with Crippen LogP contribution in [0.2, 0.25) is 0 Å². The lowest BCUT2D eigenvalue weighted by atomic mass is 10.1. The number of carbonyl (C=O) groups is 1. The van der Waals surface area contributed by atoms with Gasteiger partial charge in [-0.25, -0.2) is 9.90 Å². The molecule has 31 heavy (non-hydrogen) atoms. The molecule has 3 aromatic rings. The average molecular weight is 420 g/mol. The summed E-state index contributed by atoms with van der Waals surface area (Å²) in [7, 11) is 0. The summed E-state index contributed by atoms with van der Waals surface area (Å²) >= 11 is 0. The molecule has 3 aromatic carbocycles. The number of amides is 1. The SMILES string of the molecule is O=C(c1ccccc1)N1CC(COc2ccccc2)OC(c2ccccc2[N+](=O)[O-])O1. The van der Waals surface area contributed by atoms with E-state index in [2.05, 4.69) is 0 Å². The van der Waals surface area contributed by atoms with Crippen molar-refractivity contribution in [3.63, 3.8) is 0 Å². The second kappa shape index (κ2) is 9.38. The fourth-order valence-electron chi connectivity index (χ4n) is 3.22. The maximum atomic E-state index is 13.0. The molecule has 158 valence electrons. The summed E-state index contributed by atoms with van der Waals surface area (Å²) in [5.74, 6) is 0.290. The van der Waals surface area contributed by atoms with Gasteiger partial charge in [0.25, 0.3) is 11.6 Å². The van der Waals surface area contributed by atoms with E-state index in [1.165, 1.54) is 11.1 Å². The molecule has 2 unspecified atom stereocenters. The summed E-state index contributed by atoms with van der Waals surface area (Å²) in [6, 6.07) is 24.0. The van der Waals surface area contributed by atoms with Crippen molar-refractivity contribution in [3.05, 3.63) is 106 Å². The zero-order chi connectivity index (χ0) is 21.6.